The molecule has 0 radical (unpaired) electrons. The van der Waals surface area contributed by atoms with Crippen LogP contribution < -0.4 is 0 Å². The highest BCUT2D eigenvalue weighted by molar-refractivity contribution is 14.1. The molecule has 1 heterocycles. The molecule has 1 aliphatic heterocycles. The first-order valence-corrected chi connectivity index (χ1v) is 7.87. The smallest absolute Gasteiger partial charge is 0.288 e. The van der Waals surface area contributed by atoms with Crippen molar-refractivity contribution >= 4 is 22.6 Å². The summed E-state index contributed by atoms with van der Waals surface area (Å²) >= 11 is 1.76. The molecule has 0 aromatic rings. The Morgan fingerprint density at radius 2 is 1.62 bits per heavy atom. The van der Waals surface area contributed by atoms with Crippen molar-refractivity contribution in [2.75, 3.05) is 24.1 Å². The monoisotopic (exact) mass is 479 g/mol. The van der Waals surface area contributed by atoms with Crippen LogP contribution in [0.4, 0.5) is 39.5 Å². The molecule has 0 aromatic carbocycles. The zero-order chi connectivity index (χ0) is 19.0. The van der Waals surface area contributed by atoms with E-state index in [2.05, 4.69) is 5.92 Å². The summed E-state index contributed by atoms with van der Waals surface area (Å²) in [6, 6.07) is 0. The van der Waals surface area contributed by atoms with Gasteiger partial charge >= 0.3 is 23.9 Å². The van der Waals surface area contributed by atoms with Crippen molar-refractivity contribution < 1.29 is 39.5 Å². The van der Waals surface area contributed by atoms with Crippen molar-refractivity contribution in [3.63, 3.8) is 0 Å². The number of nitrogens with zero attached hydrogens (tertiary/aromatic N) is 1. The predicted molar refractivity (Wildman–Crippen MR) is 76.6 cm³/mol. The lowest BCUT2D eigenvalue weighted by atomic mass is 9.97. The molecule has 0 aromatic heterocycles. The topological polar surface area (TPSA) is 3.24 Å². The lowest BCUT2D eigenvalue weighted by Gasteiger charge is -2.32. The third-order valence-corrected chi connectivity index (χ3v) is 4.51. The van der Waals surface area contributed by atoms with Gasteiger partial charge in [-0.15, -0.1) is 6.42 Å². The Labute approximate surface area is 145 Å². The molecule has 0 spiro atoms. The van der Waals surface area contributed by atoms with Crippen molar-refractivity contribution in [2.45, 2.75) is 23.9 Å². The summed E-state index contributed by atoms with van der Waals surface area (Å²) in [5.74, 6) is -17.7. The number of alkyl halides is 10. The Bertz CT molecular complexity index is 533. The molecule has 0 bridgehead atoms. The molecule has 0 amide bonds. The van der Waals surface area contributed by atoms with Crippen molar-refractivity contribution in [2.24, 2.45) is 5.92 Å². The van der Waals surface area contributed by atoms with E-state index in [0.29, 0.717) is 0 Å². The highest BCUT2D eigenvalue weighted by atomic mass is 127. The molecule has 0 aliphatic carbocycles. The molecule has 1 aliphatic rings. The molecule has 1 rings (SSSR count). The zero-order valence-electron chi connectivity index (χ0n) is 11.8. The van der Waals surface area contributed by atoms with Crippen LogP contribution in [0.3, 0.4) is 0 Å². The Kier molecular flexibility index (Phi) is 6.18. The summed E-state index contributed by atoms with van der Waals surface area (Å²) in [5, 5.41) is 0. The standard InChI is InChI=1S/C13H11F9IN/c1-2-3-24-6-8(9(5-23)7-24)4-10(14,15)11(16,17)12(18,19)13(20,21)22/h1,4,9H,3,5-7H2/b8-4-. The van der Waals surface area contributed by atoms with Crippen molar-refractivity contribution in [3.05, 3.63) is 11.6 Å². The maximum atomic E-state index is 13.6. The van der Waals surface area contributed by atoms with Gasteiger partial charge in [0.1, 0.15) is 0 Å². The number of hydrogen-bond acceptors (Lipinski definition) is 1. The van der Waals surface area contributed by atoms with Crippen LogP contribution in [-0.4, -0.2) is 52.9 Å². The molecule has 1 atom stereocenters. The average Bonchev–Trinajstić information content (AvgIpc) is 2.78. The number of halogens is 10. The van der Waals surface area contributed by atoms with E-state index in [1.165, 1.54) is 4.90 Å². The predicted octanol–water partition coefficient (Wildman–Crippen LogP) is 4.38. The number of rotatable bonds is 5. The summed E-state index contributed by atoms with van der Waals surface area (Å²) < 4.78 is 116. The molecule has 1 fully saturated rings. The summed E-state index contributed by atoms with van der Waals surface area (Å²) in [6.07, 6.45) is -2.26. The largest absolute Gasteiger partial charge is 0.460 e. The summed E-state index contributed by atoms with van der Waals surface area (Å²) in [7, 11) is 0. The molecule has 1 saturated heterocycles. The molecular weight excluding hydrogens is 468 g/mol. The minimum Gasteiger partial charge on any atom is -0.288 e. The zero-order valence-corrected chi connectivity index (χ0v) is 13.9. The van der Waals surface area contributed by atoms with E-state index in [1.807, 2.05) is 0 Å². The highest BCUT2D eigenvalue weighted by Crippen LogP contribution is 2.54. The Morgan fingerprint density at radius 3 is 2.04 bits per heavy atom. The van der Waals surface area contributed by atoms with E-state index in [1.54, 1.807) is 22.6 Å². The van der Waals surface area contributed by atoms with Crippen LogP contribution >= 0.6 is 22.6 Å². The molecule has 138 valence electrons. The van der Waals surface area contributed by atoms with Gasteiger partial charge in [-0.1, -0.05) is 28.5 Å². The minimum absolute atomic E-state index is 0.00511. The van der Waals surface area contributed by atoms with Gasteiger partial charge in [-0.2, -0.15) is 39.5 Å². The average molecular weight is 479 g/mol. The van der Waals surface area contributed by atoms with E-state index < -0.39 is 35.9 Å². The van der Waals surface area contributed by atoms with Gasteiger partial charge in [-0.25, -0.2) is 0 Å². The summed E-state index contributed by atoms with van der Waals surface area (Å²) in [5.41, 5.74) is -0.345. The molecular formula is C13H11F9IN. The third kappa shape index (κ3) is 3.79. The van der Waals surface area contributed by atoms with Crippen molar-refractivity contribution in [1.82, 2.24) is 4.90 Å². The van der Waals surface area contributed by atoms with Crippen LogP contribution in [0.15, 0.2) is 11.6 Å². The molecule has 11 heteroatoms. The first-order valence-electron chi connectivity index (χ1n) is 6.35. The van der Waals surface area contributed by atoms with Crippen LogP contribution in [-0.2, 0) is 0 Å². The van der Waals surface area contributed by atoms with Gasteiger partial charge in [0.15, 0.2) is 0 Å². The molecule has 0 N–H and O–H groups in total. The Morgan fingerprint density at radius 1 is 1.08 bits per heavy atom. The normalized spacial score (nSPS) is 22.9. The van der Waals surface area contributed by atoms with Crippen molar-refractivity contribution in [3.8, 4) is 12.3 Å². The van der Waals surface area contributed by atoms with Gasteiger partial charge in [0.05, 0.1) is 6.54 Å². The van der Waals surface area contributed by atoms with Gasteiger partial charge in [-0.3, -0.25) is 4.90 Å². The van der Waals surface area contributed by atoms with Gasteiger partial charge in [0, 0.05) is 23.4 Å². The van der Waals surface area contributed by atoms with E-state index in [4.69, 9.17) is 6.42 Å². The van der Waals surface area contributed by atoms with Crippen LogP contribution in [0.1, 0.15) is 0 Å². The fourth-order valence-electron chi connectivity index (χ4n) is 2.15. The van der Waals surface area contributed by atoms with E-state index in [9.17, 15) is 39.5 Å². The summed E-state index contributed by atoms with van der Waals surface area (Å²) in [4.78, 5) is 1.42. The first kappa shape index (κ1) is 21.4. The minimum atomic E-state index is -6.88. The van der Waals surface area contributed by atoms with Gasteiger partial charge in [0.25, 0.3) is 0 Å². The van der Waals surface area contributed by atoms with Gasteiger partial charge in [-0.05, 0) is 11.6 Å². The first-order chi connectivity index (χ1) is 10.7. The second-order valence-corrected chi connectivity index (χ2v) is 6.09. The quantitative estimate of drug-likeness (QED) is 0.186. The summed E-state index contributed by atoms with van der Waals surface area (Å²) in [6.45, 7) is -0.178. The van der Waals surface area contributed by atoms with Crippen LogP contribution in [0.25, 0.3) is 0 Å². The second kappa shape index (κ2) is 6.93. The number of hydrogen-bond donors (Lipinski definition) is 0. The number of likely N-dealkylation sites (tertiary alicyclic amines) is 1. The van der Waals surface area contributed by atoms with E-state index >= 15 is 0 Å². The lowest BCUT2D eigenvalue weighted by molar-refractivity contribution is -0.388. The second-order valence-electron chi connectivity index (χ2n) is 5.21. The maximum Gasteiger partial charge on any atom is 0.460 e. The third-order valence-electron chi connectivity index (χ3n) is 3.45. The Hall–Kier alpha value is -0.640. The Balaban J connectivity index is 3.21. The fraction of sp³-hybridized carbons (Fsp3) is 0.692. The van der Waals surface area contributed by atoms with Crippen LogP contribution in [0, 0.1) is 18.3 Å². The van der Waals surface area contributed by atoms with Crippen molar-refractivity contribution in [1.29, 1.82) is 0 Å². The molecule has 1 unspecified atom stereocenters. The lowest BCUT2D eigenvalue weighted by Crippen LogP contribution is -2.60. The van der Waals surface area contributed by atoms with E-state index in [-0.39, 0.29) is 29.6 Å². The highest BCUT2D eigenvalue weighted by Gasteiger charge is 2.81. The molecule has 1 nitrogen and oxygen atoms in total. The number of terminal acetylenes is 1. The number of allylic oxidation sites excluding steroid dienone is 1. The van der Waals surface area contributed by atoms with Crippen LogP contribution in [0.5, 0.6) is 0 Å². The SMILES string of the molecule is C#CCN1C/C(=C/C(F)(F)C(F)(F)C(F)(F)C(F)(F)F)C(CI)C1. The van der Waals surface area contributed by atoms with Gasteiger partial charge in [0.2, 0.25) is 0 Å². The molecule has 0 saturated carbocycles. The van der Waals surface area contributed by atoms with Crippen LogP contribution in [0.2, 0.25) is 0 Å². The molecule has 24 heavy (non-hydrogen) atoms. The maximum absolute atomic E-state index is 13.6. The van der Waals surface area contributed by atoms with Gasteiger partial charge < -0.3 is 0 Å². The van der Waals surface area contributed by atoms with E-state index in [0.717, 1.165) is 0 Å². The fourth-order valence-corrected chi connectivity index (χ4v) is 3.00.